The molecule has 0 bridgehead atoms. The van der Waals surface area contributed by atoms with Crippen LogP contribution in [0.5, 0.6) is 0 Å². The van der Waals surface area contributed by atoms with Crippen LogP contribution in [0.4, 0.5) is 0 Å². The number of nitrogens with zero attached hydrogens (tertiary/aromatic N) is 1. The summed E-state index contributed by atoms with van der Waals surface area (Å²) in [4.78, 5) is 14.4. The van der Waals surface area contributed by atoms with Gasteiger partial charge in [0.2, 0.25) is 5.91 Å². The van der Waals surface area contributed by atoms with Crippen molar-refractivity contribution in [3.05, 3.63) is 0 Å². The van der Waals surface area contributed by atoms with Crippen LogP contribution in [0.15, 0.2) is 0 Å². The first-order valence-electron chi connectivity index (χ1n) is 6.95. The van der Waals surface area contributed by atoms with Crippen molar-refractivity contribution in [1.29, 1.82) is 0 Å². The average Bonchev–Trinajstić information content (AvgIpc) is 2.90. The van der Waals surface area contributed by atoms with E-state index < -0.39 is 0 Å². The minimum atomic E-state index is 0.0857. The molecule has 2 fully saturated rings. The summed E-state index contributed by atoms with van der Waals surface area (Å²) in [7, 11) is 0. The van der Waals surface area contributed by atoms with Crippen molar-refractivity contribution < 1.29 is 9.90 Å². The Hall–Kier alpha value is -0.610. The van der Waals surface area contributed by atoms with Crippen LogP contribution in [0, 0.1) is 5.92 Å². The summed E-state index contributed by atoms with van der Waals surface area (Å²) >= 11 is 0. The van der Waals surface area contributed by atoms with E-state index in [-0.39, 0.29) is 18.4 Å². The second-order valence-electron chi connectivity index (χ2n) is 5.24. The Balaban J connectivity index is 1.95. The number of aliphatic hydroxyl groups excluding tert-OH is 1. The lowest BCUT2D eigenvalue weighted by atomic mass is 9.97. The maximum absolute atomic E-state index is 12.5. The van der Waals surface area contributed by atoms with Crippen molar-refractivity contribution in [2.45, 2.75) is 44.6 Å². The fourth-order valence-electron chi connectivity index (χ4n) is 3.09. The third-order valence-electron chi connectivity index (χ3n) is 4.04. The molecule has 0 aromatic heterocycles. The summed E-state index contributed by atoms with van der Waals surface area (Å²) in [5.74, 6) is 0.397. The number of amides is 1. The topological polar surface area (TPSA) is 52.6 Å². The van der Waals surface area contributed by atoms with Gasteiger partial charge in [-0.05, 0) is 32.2 Å². The van der Waals surface area contributed by atoms with E-state index in [1.54, 1.807) is 0 Å². The predicted molar refractivity (Wildman–Crippen MR) is 66.6 cm³/mol. The Morgan fingerprint density at radius 2 is 2.00 bits per heavy atom. The van der Waals surface area contributed by atoms with Crippen molar-refractivity contribution in [3.8, 4) is 0 Å². The molecule has 1 heterocycles. The van der Waals surface area contributed by atoms with Crippen molar-refractivity contribution >= 4 is 5.91 Å². The van der Waals surface area contributed by atoms with E-state index in [0.717, 1.165) is 38.8 Å². The van der Waals surface area contributed by atoms with E-state index in [2.05, 4.69) is 5.32 Å². The molecule has 0 aromatic rings. The summed E-state index contributed by atoms with van der Waals surface area (Å²) in [6.45, 7) is 2.45. The van der Waals surface area contributed by atoms with Crippen LogP contribution in [0.2, 0.25) is 0 Å². The average molecular weight is 240 g/mol. The predicted octanol–water partition coefficient (Wildman–Crippen LogP) is 0.749. The van der Waals surface area contributed by atoms with Gasteiger partial charge in [0.1, 0.15) is 0 Å². The summed E-state index contributed by atoms with van der Waals surface area (Å²) in [5, 5.41) is 12.4. The molecular formula is C13H24N2O2. The maximum atomic E-state index is 12.5. The second-order valence-corrected chi connectivity index (χ2v) is 5.24. The molecule has 1 saturated heterocycles. The van der Waals surface area contributed by atoms with Crippen LogP contribution in [0.25, 0.3) is 0 Å². The normalized spacial score (nSPS) is 26.1. The number of nitrogens with one attached hydrogen (secondary N) is 1. The number of carbonyl (C=O) groups is 1. The molecular weight excluding hydrogens is 216 g/mol. The van der Waals surface area contributed by atoms with E-state index in [1.807, 2.05) is 4.90 Å². The number of hydrogen-bond acceptors (Lipinski definition) is 3. The van der Waals surface area contributed by atoms with Crippen LogP contribution in [0.3, 0.4) is 0 Å². The number of carbonyl (C=O) groups excluding carboxylic acids is 1. The molecule has 2 aliphatic rings. The third-order valence-corrected chi connectivity index (χ3v) is 4.04. The largest absolute Gasteiger partial charge is 0.395 e. The minimum Gasteiger partial charge on any atom is -0.395 e. The Morgan fingerprint density at radius 3 is 2.59 bits per heavy atom. The van der Waals surface area contributed by atoms with Crippen molar-refractivity contribution in [2.24, 2.45) is 5.92 Å². The quantitative estimate of drug-likeness (QED) is 0.762. The van der Waals surface area contributed by atoms with Crippen LogP contribution in [-0.2, 0) is 4.79 Å². The zero-order chi connectivity index (χ0) is 12.1. The third kappa shape index (κ3) is 3.19. The van der Waals surface area contributed by atoms with E-state index in [4.69, 9.17) is 5.11 Å². The number of piperidine rings is 1. The maximum Gasteiger partial charge on any atom is 0.227 e. The Labute approximate surface area is 103 Å². The van der Waals surface area contributed by atoms with Gasteiger partial charge in [0.25, 0.3) is 0 Å². The van der Waals surface area contributed by atoms with E-state index >= 15 is 0 Å². The van der Waals surface area contributed by atoms with Crippen molar-refractivity contribution in [2.75, 3.05) is 26.2 Å². The van der Waals surface area contributed by atoms with E-state index in [1.165, 1.54) is 12.8 Å². The molecule has 17 heavy (non-hydrogen) atoms. The zero-order valence-electron chi connectivity index (χ0n) is 10.5. The molecule has 0 unspecified atom stereocenters. The van der Waals surface area contributed by atoms with Crippen molar-refractivity contribution in [1.82, 2.24) is 10.2 Å². The lowest BCUT2D eigenvalue weighted by Crippen LogP contribution is -2.47. The van der Waals surface area contributed by atoms with Crippen LogP contribution >= 0.6 is 0 Å². The molecule has 1 atom stereocenters. The molecule has 0 aromatic carbocycles. The first-order chi connectivity index (χ1) is 8.33. The fourth-order valence-corrected chi connectivity index (χ4v) is 3.09. The highest BCUT2D eigenvalue weighted by atomic mass is 16.3. The van der Waals surface area contributed by atoms with Gasteiger partial charge in [-0.3, -0.25) is 4.79 Å². The van der Waals surface area contributed by atoms with Gasteiger partial charge in [-0.2, -0.15) is 0 Å². The minimum absolute atomic E-state index is 0.0857. The van der Waals surface area contributed by atoms with Crippen molar-refractivity contribution in [3.63, 3.8) is 0 Å². The zero-order valence-corrected chi connectivity index (χ0v) is 10.5. The monoisotopic (exact) mass is 240 g/mol. The molecule has 1 aliphatic heterocycles. The SMILES string of the molecule is O=C([C@@H]1CCCNC1)N(CCO)C1CCCC1. The summed E-state index contributed by atoms with van der Waals surface area (Å²) in [6.07, 6.45) is 6.78. The number of rotatable bonds is 4. The van der Waals surface area contributed by atoms with Gasteiger partial charge in [0.05, 0.1) is 12.5 Å². The number of aliphatic hydroxyl groups is 1. The molecule has 0 spiro atoms. The van der Waals surface area contributed by atoms with Gasteiger partial charge < -0.3 is 15.3 Å². The van der Waals surface area contributed by atoms with Crippen LogP contribution in [-0.4, -0.2) is 48.2 Å². The van der Waals surface area contributed by atoms with Gasteiger partial charge in [-0.1, -0.05) is 12.8 Å². The summed E-state index contributed by atoms with van der Waals surface area (Å²) in [6, 6.07) is 0.386. The summed E-state index contributed by atoms with van der Waals surface area (Å²) < 4.78 is 0. The first-order valence-corrected chi connectivity index (χ1v) is 6.95. The lowest BCUT2D eigenvalue weighted by molar-refractivity contribution is -0.139. The Bertz CT molecular complexity index is 246. The van der Waals surface area contributed by atoms with E-state index in [9.17, 15) is 4.79 Å². The fraction of sp³-hybridized carbons (Fsp3) is 0.923. The van der Waals surface area contributed by atoms with Gasteiger partial charge in [0.15, 0.2) is 0 Å². The van der Waals surface area contributed by atoms with Crippen LogP contribution in [0.1, 0.15) is 38.5 Å². The Morgan fingerprint density at radius 1 is 1.24 bits per heavy atom. The van der Waals surface area contributed by atoms with Gasteiger partial charge >= 0.3 is 0 Å². The molecule has 1 aliphatic carbocycles. The lowest BCUT2D eigenvalue weighted by Gasteiger charge is -2.33. The summed E-state index contributed by atoms with van der Waals surface area (Å²) in [5.41, 5.74) is 0. The van der Waals surface area contributed by atoms with Gasteiger partial charge in [0, 0.05) is 19.1 Å². The molecule has 1 amide bonds. The molecule has 0 radical (unpaired) electrons. The van der Waals surface area contributed by atoms with Crippen LogP contribution < -0.4 is 5.32 Å². The Kier molecular flexibility index (Phi) is 4.80. The highest BCUT2D eigenvalue weighted by molar-refractivity contribution is 5.79. The van der Waals surface area contributed by atoms with Gasteiger partial charge in [-0.15, -0.1) is 0 Å². The first kappa shape index (κ1) is 12.8. The molecule has 1 saturated carbocycles. The highest BCUT2D eigenvalue weighted by Gasteiger charge is 2.31. The van der Waals surface area contributed by atoms with E-state index in [0.29, 0.717) is 12.6 Å². The highest BCUT2D eigenvalue weighted by Crippen LogP contribution is 2.25. The molecule has 4 nitrogen and oxygen atoms in total. The molecule has 4 heteroatoms. The molecule has 98 valence electrons. The van der Waals surface area contributed by atoms with Gasteiger partial charge in [-0.25, -0.2) is 0 Å². The second kappa shape index (κ2) is 6.36. The standard InChI is InChI=1S/C13H24N2O2/c16-9-8-15(12-5-1-2-6-12)13(17)11-4-3-7-14-10-11/h11-12,14,16H,1-10H2/t11-/m1/s1. The number of hydrogen-bond donors (Lipinski definition) is 2. The smallest absolute Gasteiger partial charge is 0.227 e. The molecule has 2 N–H and O–H groups in total. The molecule has 2 rings (SSSR count).